The summed E-state index contributed by atoms with van der Waals surface area (Å²) in [5.74, 6) is 5.44. The highest BCUT2D eigenvalue weighted by atomic mass is 35.5. The van der Waals surface area contributed by atoms with Crippen LogP contribution < -0.4 is 21.9 Å². The molecule has 144 valence electrons. The molecule has 1 fully saturated rings. The van der Waals surface area contributed by atoms with E-state index in [0.29, 0.717) is 16.7 Å². The topological polar surface area (TPSA) is 93.6 Å². The van der Waals surface area contributed by atoms with Gasteiger partial charge in [-0.15, -0.1) is 0 Å². The Balaban J connectivity index is 1.86. The third kappa shape index (κ3) is 5.46. The fourth-order valence-corrected chi connectivity index (χ4v) is 4.09. The Labute approximate surface area is 164 Å². The molecule has 6 nitrogen and oxygen atoms in total. The maximum atomic E-state index is 11.8. The number of benzene rings is 1. The van der Waals surface area contributed by atoms with Gasteiger partial charge in [-0.3, -0.25) is 5.84 Å². The van der Waals surface area contributed by atoms with Crippen molar-refractivity contribution in [1.29, 1.82) is 0 Å². The summed E-state index contributed by atoms with van der Waals surface area (Å²) in [5, 5.41) is 1.30. The van der Waals surface area contributed by atoms with Crippen molar-refractivity contribution in [3.05, 3.63) is 40.2 Å². The predicted molar refractivity (Wildman–Crippen MR) is 109 cm³/mol. The lowest BCUT2D eigenvalue weighted by Gasteiger charge is -2.33. The van der Waals surface area contributed by atoms with E-state index in [2.05, 4.69) is 22.5 Å². The number of carbonyl (C=O) groups excluding carboxylic acids is 1. The Hall–Kier alpha value is -1.57. The molecule has 8 heteroatoms. The highest BCUT2D eigenvalue weighted by Crippen LogP contribution is 2.29. The summed E-state index contributed by atoms with van der Waals surface area (Å²) in [5.41, 5.74) is 11.3. The number of rotatable bonds is 7. The van der Waals surface area contributed by atoms with Crippen LogP contribution in [0.4, 0.5) is 5.69 Å². The number of aryl methyl sites for hydroxylation is 1. The quantitative estimate of drug-likeness (QED) is 0.281. The number of nitrogens with two attached hydrogens (primary N) is 2. The first-order valence-electron chi connectivity index (χ1n) is 8.71. The van der Waals surface area contributed by atoms with Crippen molar-refractivity contribution in [1.82, 2.24) is 5.43 Å². The van der Waals surface area contributed by atoms with E-state index >= 15 is 0 Å². The van der Waals surface area contributed by atoms with Crippen molar-refractivity contribution < 1.29 is 9.53 Å². The lowest BCUT2D eigenvalue weighted by molar-refractivity contribution is -0.139. The molecule has 1 aromatic rings. The summed E-state index contributed by atoms with van der Waals surface area (Å²) in [7, 11) is 0. The van der Waals surface area contributed by atoms with Crippen LogP contribution in [0.5, 0.6) is 0 Å². The zero-order chi connectivity index (χ0) is 19.1. The smallest absolute Gasteiger partial charge is 0.357 e. The van der Waals surface area contributed by atoms with Crippen LogP contribution >= 0.6 is 23.4 Å². The Kier molecular flexibility index (Phi) is 7.93. The number of carbonyl (C=O) groups is 1. The van der Waals surface area contributed by atoms with E-state index in [1.165, 1.54) is 5.69 Å². The number of halogens is 1. The van der Waals surface area contributed by atoms with E-state index < -0.39 is 5.97 Å². The van der Waals surface area contributed by atoms with Crippen molar-refractivity contribution in [3.63, 3.8) is 0 Å². The second kappa shape index (κ2) is 9.94. The van der Waals surface area contributed by atoms with Gasteiger partial charge < -0.3 is 20.8 Å². The summed E-state index contributed by atoms with van der Waals surface area (Å²) in [6.45, 7) is 6.03. The first-order valence-corrected chi connectivity index (χ1v) is 10.1. The molecule has 2 rings (SSSR count). The first kappa shape index (κ1) is 20.7. The molecule has 0 saturated carbocycles. The summed E-state index contributed by atoms with van der Waals surface area (Å²) in [6, 6.07) is 6.16. The molecule has 1 heterocycles. The van der Waals surface area contributed by atoms with Gasteiger partial charge in [0.2, 0.25) is 0 Å². The zero-order valence-electron chi connectivity index (χ0n) is 15.3. The van der Waals surface area contributed by atoms with E-state index in [4.69, 9.17) is 27.9 Å². The summed E-state index contributed by atoms with van der Waals surface area (Å²) >= 11 is 7.86. The lowest BCUT2D eigenvalue weighted by atomic mass is 10.1. The molecule has 0 aliphatic carbocycles. The molecule has 1 aliphatic heterocycles. The number of anilines is 1. The molecule has 0 aromatic heterocycles. The number of hydrogen-bond acceptors (Lipinski definition) is 7. The molecule has 0 unspecified atom stereocenters. The van der Waals surface area contributed by atoms with Gasteiger partial charge in [0, 0.05) is 34.8 Å². The molecular formula is C18H27ClN4O2S. The number of hydrazine groups is 1. The van der Waals surface area contributed by atoms with Crippen LogP contribution in [0.25, 0.3) is 0 Å². The van der Waals surface area contributed by atoms with E-state index in [0.717, 1.165) is 36.5 Å². The monoisotopic (exact) mass is 398 g/mol. The molecule has 0 bridgehead atoms. The van der Waals surface area contributed by atoms with Gasteiger partial charge in [0.25, 0.3) is 0 Å². The molecule has 0 radical (unpaired) electrons. The van der Waals surface area contributed by atoms with Crippen LogP contribution in [0.1, 0.15) is 25.3 Å². The Morgan fingerprint density at radius 1 is 1.42 bits per heavy atom. The summed E-state index contributed by atoms with van der Waals surface area (Å²) in [6.07, 6.45) is 2.12. The largest absolute Gasteiger partial charge is 0.461 e. The van der Waals surface area contributed by atoms with E-state index in [1.54, 1.807) is 18.7 Å². The fourth-order valence-electron chi connectivity index (χ4n) is 2.87. The zero-order valence-corrected chi connectivity index (χ0v) is 16.8. The molecule has 0 amide bonds. The third-order valence-electron chi connectivity index (χ3n) is 4.37. The fraction of sp³-hybridized carbons (Fsp3) is 0.500. The van der Waals surface area contributed by atoms with Crippen LogP contribution in [-0.2, 0) is 9.53 Å². The van der Waals surface area contributed by atoms with Gasteiger partial charge in [-0.1, -0.05) is 11.6 Å². The van der Waals surface area contributed by atoms with Crippen LogP contribution in [0.2, 0.25) is 5.02 Å². The minimum Gasteiger partial charge on any atom is -0.461 e. The molecule has 0 spiro atoms. The molecule has 1 aliphatic rings. The average molecular weight is 399 g/mol. The van der Waals surface area contributed by atoms with E-state index in [9.17, 15) is 4.79 Å². The molecule has 5 N–H and O–H groups in total. The molecule has 0 atom stereocenters. The molecular weight excluding hydrogens is 372 g/mol. The van der Waals surface area contributed by atoms with Crippen molar-refractivity contribution in [3.8, 4) is 0 Å². The van der Waals surface area contributed by atoms with Crippen LogP contribution in [0.3, 0.4) is 0 Å². The van der Waals surface area contributed by atoms with Crippen LogP contribution in [0, 0.1) is 6.92 Å². The maximum Gasteiger partial charge on any atom is 0.357 e. The number of esters is 1. The third-order valence-corrected chi connectivity index (χ3v) is 6.21. The van der Waals surface area contributed by atoms with Gasteiger partial charge in [0.1, 0.15) is 0 Å². The van der Waals surface area contributed by atoms with E-state index in [-0.39, 0.29) is 12.3 Å². The average Bonchev–Trinajstić information content (AvgIpc) is 2.63. The summed E-state index contributed by atoms with van der Waals surface area (Å²) in [4.78, 5) is 14.2. The standard InChI is InChI=1S/C18H27ClN4O2S/c1-3-25-18(24)17(22-21)16(20)11-26-14-6-8-23(9-7-14)13-4-5-15(19)12(2)10-13/h4-5,10,14,22H,3,6-9,11,20-21H2,1-2H3/b17-16-. The van der Waals surface area contributed by atoms with Gasteiger partial charge in [-0.05, 0) is 50.5 Å². The van der Waals surface area contributed by atoms with Crippen molar-refractivity contribution in [2.45, 2.75) is 31.9 Å². The molecule has 1 aromatic carbocycles. The van der Waals surface area contributed by atoms with Crippen LogP contribution in [-0.4, -0.2) is 36.7 Å². The molecule has 26 heavy (non-hydrogen) atoms. The predicted octanol–water partition coefficient (Wildman–Crippen LogP) is 2.55. The minimum absolute atomic E-state index is 0.147. The summed E-state index contributed by atoms with van der Waals surface area (Å²) < 4.78 is 4.94. The van der Waals surface area contributed by atoms with Crippen molar-refractivity contribution in [2.75, 3.05) is 30.3 Å². The Morgan fingerprint density at radius 2 is 2.12 bits per heavy atom. The Morgan fingerprint density at radius 3 is 2.69 bits per heavy atom. The number of nitrogens with one attached hydrogen (secondary N) is 1. The number of nitrogens with zero attached hydrogens (tertiary/aromatic N) is 1. The number of hydrogen-bond donors (Lipinski definition) is 3. The van der Waals surface area contributed by atoms with Gasteiger partial charge >= 0.3 is 5.97 Å². The van der Waals surface area contributed by atoms with Gasteiger partial charge in [-0.25, -0.2) is 4.79 Å². The normalized spacial score (nSPS) is 16.2. The maximum absolute atomic E-state index is 11.8. The van der Waals surface area contributed by atoms with Crippen molar-refractivity contribution >= 4 is 35.0 Å². The second-order valence-electron chi connectivity index (χ2n) is 6.20. The number of ether oxygens (including phenoxy) is 1. The minimum atomic E-state index is -0.513. The highest BCUT2D eigenvalue weighted by molar-refractivity contribution is 8.00. The van der Waals surface area contributed by atoms with Gasteiger partial charge in [0.05, 0.1) is 12.3 Å². The second-order valence-corrected chi connectivity index (χ2v) is 7.89. The highest BCUT2D eigenvalue weighted by Gasteiger charge is 2.21. The van der Waals surface area contributed by atoms with Gasteiger partial charge in [0.15, 0.2) is 5.70 Å². The van der Waals surface area contributed by atoms with E-state index in [1.807, 2.05) is 13.0 Å². The molecule has 1 saturated heterocycles. The van der Waals surface area contributed by atoms with Crippen molar-refractivity contribution in [2.24, 2.45) is 11.6 Å². The van der Waals surface area contributed by atoms with Gasteiger partial charge in [-0.2, -0.15) is 11.8 Å². The first-order chi connectivity index (χ1) is 12.5. The lowest BCUT2D eigenvalue weighted by Crippen LogP contribution is -2.35. The Bertz CT molecular complexity index is 661. The number of piperidine rings is 1. The SMILES string of the molecule is CCOC(=O)/C(NN)=C(/N)CSC1CCN(c2ccc(Cl)c(C)c2)CC1. The van der Waals surface area contributed by atoms with Crippen LogP contribution in [0.15, 0.2) is 29.6 Å². The number of thioether (sulfide) groups is 1.